The second-order valence-electron chi connectivity index (χ2n) is 8.13. The van der Waals surface area contributed by atoms with Gasteiger partial charge in [-0.05, 0) is 53.2 Å². The minimum absolute atomic E-state index is 0.144. The fourth-order valence-electron chi connectivity index (χ4n) is 1.84. The van der Waals surface area contributed by atoms with Gasteiger partial charge in [0.25, 0.3) is 0 Å². The Labute approximate surface area is 159 Å². The maximum atomic E-state index is 12.0. The van der Waals surface area contributed by atoms with Crippen molar-refractivity contribution in [1.29, 1.82) is 0 Å². The Morgan fingerprint density at radius 2 is 1.41 bits per heavy atom. The van der Waals surface area contributed by atoms with E-state index in [1.165, 1.54) is 12.1 Å². The van der Waals surface area contributed by atoms with Crippen molar-refractivity contribution in [3.05, 3.63) is 29.3 Å². The number of ether oxygens (including phenoxy) is 2. The first-order valence-corrected chi connectivity index (χ1v) is 9.84. The van der Waals surface area contributed by atoms with Crippen molar-refractivity contribution < 1.29 is 37.9 Å². The molecule has 0 spiro atoms. The van der Waals surface area contributed by atoms with Crippen LogP contribution in [-0.2, 0) is 36.8 Å². The van der Waals surface area contributed by atoms with Gasteiger partial charge < -0.3 is 14.0 Å². The molecule has 0 saturated carbocycles. The lowest BCUT2D eigenvalue weighted by atomic mass is 9.97. The van der Waals surface area contributed by atoms with E-state index in [4.69, 9.17) is 23.8 Å². The molecule has 8 nitrogen and oxygen atoms in total. The zero-order valence-corrected chi connectivity index (χ0v) is 17.3. The fourth-order valence-corrected chi connectivity index (χ4v) is 2.27. The smallest absolute Gasteiger partial charge is 0.460 e. The lowest BCUT2D eigenvalue weighted by Crippen LogP contribution is -2.24. The topological polar surface area (TPSA) is 119 Å². The maximum absolute atomic E-state index is 12.0. The van der Waals surface area contributed by atoms with Crippen LogP contribution in [0.25, 0.3) is 0 Å². The van der Waals surface area contributed by atoms with E-state index in [-0.39, 0.29) is 24.5 Å². The molecule has 1 aromatic carbocycles. The van der Waals surface area contributed by atoms with Crippen LogP contribution in [-0.4, -0.2) is 21.7 Å². The number of phosphoric ester groups is 1. The molecule has 0 radical (unpaired) electrons. The summed E-state index contributed by atoms with van der Waals surface area (Å²) in [7, 11) is -4.83. The van der Waals surface area contributed by atoms with Gasteiger partial charge in [-0.2, -0.15) is 0 Å². The van der Waals surface area contributed by atoms with E-state index in [0.717, 1.165) is 0 Å². The van der Waals surface area contributed by atoms with Gasteiger partial charge in [-0.25, -0.2) is 4.57 Å². The second-order valence-corrected chi connectivity index (χ2v) is 9.29. The lowest BCUT2D eigenvalue weighted by molar-refractivity contribution is -0.155. The first-order valence-electron chi connectivity index (χ1n) is 8.31. The van der Waals surface area contributed by atoms with Crippen LogP contribution in [0.3, 0.4) is 0 Å². The quantitative estimate of drug-likeness (QED) is 0.549. The summed E-state index contributed by atoms with van der Waals surface area (Å²) < 4.78 is 26.5. The average molecular weight is 402 g/mol. The number of carbonyl (C=O) groups is 2. The van der Waals surface area contributed by atoms with Gasteiger partial charge in [0, 0.05) is 5.56 Å². The highest BCUT2D eigenvalue weighted by Gasteiger charge is 2.27. The maximum Gasteiger partial charge on any atom is 0.524 e. The van der Waals surface area contributed by atoms with Gasteiger partial charge in [-0.15, -0.1) is 0 Å². The summed E-state index contributed by atoms with van der Waals surface area (Å²) >= 11 is 0. The number of hydrogen-bond donors (Lipinski definition) is 2. The normalized spacial score (nSPS) is 12.4. The van der Waals surface area contributed by atoms with Gasteiger partial charge in [-0.1, -0.05) is 12.1 Å². The molecule has 2 N–H and O–H groups in total. The Balaban J connectivity index is 3.14. The van der Waals surface area contributed by atoms with Crippen LogP contribution in [0, 0.1) is 10.8 Å². The van der Waals surface area contributed by atoms with Gasteiger partial charge >= 0.3 is 19.8 Å². The molecular formula is C18H27O8P. The molecule has 1 aromatic rings. The highest BCUT2D eigenvalue weighted by molar-refractivity contribution is 7.46. The molecule has 152 valence electrons. The standard InChI is InChI=1S/C18H27O8P/c1-17(2,3)15(19)24-10-12-8-7-9-14(26-27(21,22)23)13(12)11-25-16(20)18(4,5)6/h7-9H,10-11H2,1-6H3,(H2,21,22,23). The molecule has 0 heterocycles. The Morgan fingerprint density at radius 1 is 0.926 bits per heavy atom. The molecule has 1 rings (SSSR count). The van der Waals surface area contributed by atoms with E-state index in [0.29, 0.717) is 5.56 Å². The van der Waals surface area contributed by atoms with Crippen molar-refractivity contribution in [2.75, 3.05) is 0 Å². The van der Waals surface area contributed by atoms with Crippen LogP contribution in [0.15, 0.2) is 18.2 Å². The van der Waals surface area contributed by atoms with E-state index in [2.05, 4.69) is 0 Å². The summed E-state index contributed by atoms with van der Waals surface area (Å²) in [6.45, 7) is 9.71. The fraction of sp³-hybridized carbons (Fsp3) is 0.556. The van der Waals surface area contributed by atoms with Gasteiger partial charge in [-0.3, -0.25) is 19.4 Å². The highest BCUT2D eigenvalue weighted by atomic mass is 31.2. The summed E-state index contributed by atoms with van der Waals surface area (Å²) in [4.78, 5) is 42.3. The monoisotopic (exact) mass is 402 g/mol. The molecule has 0 amide bonds. The van der Waals surface area contributed by atoms with Crippen molar-refractivity contribution >= 4 is 19.8 Å². The SMILES string of the molecule is CC(C)(C)C(=O)OCc1cccc(OP(=O)(O)O)c1COC(=O)C(C)(C)C. The number of hydrogen-bond acceptors (Lipinski definition) is 6. The van der Waals surface area contributed by atoms with E-state index in [1.807, 2.05) is 0 Å². The molecule has 9 heteroatoms. The summed E-state index contributed by atoms with van der Waals surface area (Å²) in [6.07, 6.45) is 0. The Kier molecular flexibility index (Phi) is 7.22. The van der Waals surface area contributed by atoms with Crippen LogP contribution in [0.2, 0.25) is 0 Å². The first-order chi connectivity index (χ1) is 12.1. The third-order valence-electron chi connectivity index (χ3n) is 3.38. The van der Waals surface area contributed by atoms with Gasteiger partial charge in [0.1, 0.15) is 19.0 Å². The molecule has 0 atom stereocenters. The Morgan fingerprint density at radius 3 is 1.85 bits per heavy atom. The van der Waals surface area contributed by atoms with E-state index >= 15 is 0 Å². The van der Waals surface area contributed by atoms with Crippen molar-refractivity contribution in [2.45, 2.75) is 54.8 Å². The Bertz CT molecular complexity index is 737. The van der Waals surface area contributed by atoms with Crippen LogP contribution in [0.4, 0.5) is 0 Å². The van der Waals surface area contributed by atoms with Crippen molar-refractivity contribution in [1.82, 2.24) is 0 Å². The molecule has 0 aliphatic rings. The minimum Gasteiger partial charge on any atom is -0.460 e. The summed E-state index contributed by atoms with van der Waals surface area (Å²) in [5, 5.41) is 0. The summed E-state index contributed by atoms with van der Waals surface area (Å²) in [5.41, 5.74) is -0.822. The van der Waals surface area contributed by atoms with E-state index in [1.54, 1.807) is 47.6 Å². The third-order valence-corrected chi connectivity index (χ3v) is 3.81. The van der Waals surface area contributed by atoms with Gasteiger partial charge in [0.2, 0.25) is 0 Å². The average Bonchev–Trinajstić information content (AvgIpc) is 2.47. The zero-order valence-electron chi connectivity index (χ0n) is 16.4. The zero-order chi connectivity index (χ0) is 21.0. The summed E-state index contributed by atoms with van der Waals surface area (Å²) in [5.74, 6) is -1.08. The third kappa shape index (κ3) is 7.71. The first kappa shape index (κ1) is 23.1. The Hall–Kier alpha value is -1.89. The van der Waals surface area contributed by atoms with Gasteiger partial charge in [0.05, 0.1) is 10.8 Å². The molecular weight excluding hydrogens is 375 g/mol. The predicted molar refractivity (Wildman–Crippen MR) is 97.6 cm³/mol. The highest BCUT2D eigenvalue weighted by Crippen LogP contribution is 2.40. The molecule has 0 aromatic heterocycles. The van der Waals surface area contributed by atoms with Crippen molar-refractivity contribution in [2.24, 2.45) is 10.8 Å². The lowest BCUT2D eigenvalue weighted by Gasteiger charge is -2.21. The van der Waals surface area contributed by atoms with Gasteiger partial charge in [0.15, 0.2) is 0 Å². The predicted octanol–water partition coefficient (Wildman–Crippen LogP) is 3.34. The molecule has 0 unspecified atom stereocenters. The molecule has 27 heavy (non-hydrogen) atoms. The number of phosphoric acid groups is 1. The van der Waals surface area contributed by atoms with E-state index in [9.17, 15) is 14.2 Å². The molecule has 0 bridgehead atoms. The van der Waals surface area contributed by atoms with Crippen LogP contribution < -0.4 is 4.52 Å². The number of rotatable bonds is 6. The largest absolute Gasteiger partial charge is 0.524 e. The van der Waals surface area contributed by atoms with Crippen molar-refractivity contribution in [3.8, 4) is 5.75 Å². The molecule has 0 fully saturated rings. The second kappa shape index (κ2) is 8.42. The van der Waals surface area contributed by atoms with Crippen LogP contribution in [0.5, 0.6) is 5.75 Å². The van der Waals surface area contributed by atoms with E-state index < -0.39 is 30.6 Å². The molecule has 0 aliphatic carbocycles. The minimum atomic E-state index is -4.83. The van der Waals surface area contributed by atoms with Crippen molar-refractivity contribution in [3.63, 3.8) is 0 Å². The number of benzene rings is 1. The van der Waals surface area contributed by atoms with Crippen LogP contribution >= 0.6 is 7.82 Å². The summed E-state index contributed by atoms with van der Waals surface area (Å²) in [6, 6.07) is 4.44. The molecule has 0 aliphatic heterocycles. The van der Waals surface area contributed by atoms with Crippen LogP contribution in [0.1, 0.15) is 52.7 Å². The molecule has 0 saturated heterocycles. The number of esters is 2. The number of carbonyl (C=O) groups excluding carboxylic acids is 2.